The summed E-state index contributed by atoms with van der Waals surface area (Å²) in [6.07, 6.45) is 1.36. The van der Waals surface area contributed by atoms with Gasteiger partial charge in [0.1, 0.15) is 0 Å². The molecule has 0 saturated carbocycles. The second-order valence-electron chi connectivity index (χ2n) is 3.38. The Morgan fingerprint density at radius 2 is 1.82 bits per heavy atom. The average molecular weight is 260 g/mol. The summed E-state index contributed by atoms with van der Waals surface area (Å²) in [6.45, 7) is 3.39. The number of hydrogen-bond acceptors (Lipinski definition) is 6. The van der Waals surface area contributed by atoms with Crippen LogP contribution in [0.5, 0.6) is 0 Å². The summed E-state index contributed by atoms with van der Waals surface area (Å²) in [4.78, 5) is 4.08. The third-order valence-electron chi connectivity index (χ3n) is 2.12. The van der Waals surface area contributed by atoms with E-state index in [4.69, 9.17) is 5.11 Å². The van der Waals surface area contributed by atoms with Crippen LogP contribution in [0.2, 0.25) is 0 Å². The average Bonchev–Trinajstić information content (AvgIpc) is 2.28. The maximum Gasteiger partial charge on any atom is 0.256 e. The number of sulfonamides is 1. The van der Waals surface area contributed by atoms with Crippen molar-refractivity contribution in [2.75, 3.05) is 17.1 Å². The summed E-state index contributed by atoms with van der Waals surface area (Å²) in [7, 11) is -3.59. The largest absolute Gasteiger partial charge is 0.395 e. The van der Waals surface area contributed by atoms with Crippen LogP contribution in [-0.2, 0) is 22.9 Å². The van der Waals surface area contributed by atoms with Gasteiger partial charge in [0.2, 0.25) is 10.0 Å². The van der Waals surface area contributed by atoms with Crippen molar-refractivity contribution in [2.24, 2.45) is 0 Å². The van der Waals surface area contributed by atoms with E-state index in [0.717, 1.165) is 11.4 Å². The summed E-state index contributed by atoms with van der Waals surface area (Å²) in [5.74, 6) is -0.430. The van der Waals surface area contributed by atoms with Gasteiger partial charge in [0.25, 0.3) is 5.95 Å². The lowest BCUT2D eigenvalue weighted by molar-refractivity contribution is 0.320. The first-order chi connectivity index (χ1) is 8.02. The number of aliphatic hydroxyl groups is 1. The molecule has 96 valence electrons. The number of rotatable bonds is 6. The highest BCUT2D eigenvalue weighted by atomic mass is 32.2. The Labute approximate surface area is 100 Å². The van der Waals surface area contributed by atoms with Crippen LogP contribution >= 0.6 is 0 Å². The quantitative estimate of drug-likeness (QED) is 0.729. The fraction of sp³-hybridized carbons (Fsp3) is 0.667. The lowest BCUT2D eigenvalue weighted by atomic mass is 10.2. The molecule has 1 rings (SSSR count). The van der Waals surface area contributed by atoms with Gasteiger partial charge < -0.3 is 5.11 Å². The van der Waals surface area contributed by atoms with Crippen molar-refractivity contribution in [1.29, 1.82) is 0 Å². The zero-order valence-corrected chi connectivity index (χ0v) is 10.7. The molecule has 0 amide bonds. The highest BCUT2D eigenvalue weighted by molar-refractivity contribution is 7.92. The fourth-order valence-electron chi connectivity index (χ4n) is 1.29. The van der Waals surface area contributed by atoms with E-state index < -0.39 is 16.6 Å². The van der Waals surface area contributed by atoms with Crippen LogP contribution in [0.4, 0.5) is 5.95 Å². The smallest absolute Gasteiger partial charge is 0.256 e. The minimum atomic E-state index is -3.59. The Morgan fingerprint density at radius 3 is 2.35 bits per heavy atom. The van der Waals surface area contributed by atoms with Gasteiger partial charge in [-0.1, -0.05) is 13.8 Å². The van der Waals surface area contributed by atoms with Crippen LogP contribution in [0.3, 0.4) is 0 Å². The fourth-order valence-corrected chi connectivity index (χ4v) is 2.00. The van der Waals surface area contributed by atoms with E-state index in [-0.39, 0.29) is 11.7 Å². The summed E-state index contributed by atoms with van der Waals surface area (Å²) >= 11 is 0. The molecule has 0 aliphatic heterocycles. The molecule has 7 nitrogen and oxygen atoms in total. The lowest BCUT2D eigenvalue weighted by Crippen LogP contribution is -2.21. The van der Waals surface area contributed by atoms with E-state index >= 15 is 0 Å². The van der Waals surface area contributed by atoms with E-state index in [2.05, 4.69) is 19.9 Å². The summed E-state index contributed by atoms with van der Waals surface area (Å²) in [5.41, 5.74) is 1.49. The summed E-state index contributed by atoms with van der Waals surface area (Å²) in [5, 5.41) is 16.2. The molecule has 1 heterocycles. The van der Waals surface area contributed by atoms with E-state index in [0.29, 0.717) is 12.8 Å². The van der Waals surface area contributed by atoms with Gasteiger partial charge in [-0.3, -0.25) is 0 Å². The minimum absolute atomic E-state index is 0.0486. The van der Waals surface area contributed by atoms with Gasteiger partial charge in [-0.2, -0.15) is 0 Å². The molecule has 1 aromatic heterocycles. The zero-order valence-electron chi connectivity index (χ0n) is 9.84. The highest BCUT2D eigenvalue weighted by Crippen LogP contribution is 2.07. The van der Waals surface area contributed by atoms with E-state index in [1.54, 1.807) is 0 Å². The second kappa shape index (κ2) is 5.87. The van der Waals surface area contributed by atoms with Gasteiger partial charge in [-0.05, 0) is 12.8 Å². The first kappa shape index (κ1) is 13.8. The van der Waals surface area contributed by atoms with E-state index in [9.17, 15) is 8.42 Å². The first-order valence-electron chi connectivity index (χ1n) is 5.36. The molecule has 0 aliphatic carbocycles. The molecular weight excluding hydrogens is 244 g/mol. The van der Waals surface area contributed by atoms with Crippen molar-refractivity contribution in [3.8, 4) is 0 Å². The van der Waals surface area contributed by atoms with Gasteiger partial charge >= 0.3 is 0 Å². The number of hydrogen-bond donors (Lipinski definition) is 2. The molecule has 0 saturated heterocycles. The highest BCUT2D eigenvalue weighted by Gasteiger charge is 2.13. The molecule has 0 bridgehead atoms. The molecule has 1 aromatic rings. The number of nitrogens with zero attached hydrogens (tertiary/aromatic N) is 3. The van der Waals surface area contributed by atoms with Gasteiger partial charge in [0, 0.05) is 0 Å². The lowest BCUT2D eigenvalue weighted by Gasteiger charge is -2.07. The Balaban J connectivity index is 2.93. The molecule has 0 radical (unpaired) electrons. The normalized spacial score (nSPS) is 11.5. The van der Waals surface area contributed by atoms with Crippen LogP contribution in [0.1, 0.15) is 25.2 Å². The second-order valence-corrected chi connectivity index (χ2v) is 5.22. The third-order valence-corrected chi connectivity index (χ3v) is 3.33. The number of aryl methyl sites for hydroxylation is 2. The van der Waals surface area contributed by atoms with Crippen LogP contribution in [0.15, 0.2) is 0 Å². The molecule has 0 fully saturated rings. The van der Waals surface area contributed by atoms with Crippen molar-refractivity contribution >= 4 is 16.0 Å². The number of anilines is 1. The van der Waals surface area contributed by atoms with Crippen LogP contribution in [0, 0.1) is 0 Å². The van der Waals surface area contributed by atoms with Gasteiger partial charge in [-0.15, -0.1) is 10.2 Å². The molecule has 8 heteroatoms. The van der Waals surface area contributed by atoms with Gasteiger partial charge in [0.05, 0.1) is 23.7 Å². The Bertz CT molecular complexity index is 475. The molecule has 0 aliphatic rings. The van der Waals surface area contributed by atoms with E-state index in [1.807, 2.05) is 13.8 Å². The predicted molar refractivity (Wildman–Crippen MR) is 63.1 cm³/mol. The topological polar surface area (TPSA) is 105 Å². The Kier molecular flexibility index (Phi) is 4.76. The van der Waals surface area contributed by atoms with Crippen LogP contribution in [0.25, 0.3) is 0 Å². The molecular formula is C9H16N4O3S. The maximum atomic E-state index is 11.4. The van der Waals surface area contributed by atoms with Gasteiger partial charge in [-0.25, -0.2) is 18.1 Å². The monoisotopic (exact) mass is 260 g/mol. The molecule has 0 atom stereocenters. The van der Waals surface area contributed by atoms with Gasteiger partial charge in [0.15, 0.2) is 0 Å². The van der Waals surface area contributed by atoms with Crippen LogP contribution in [-0.4, -0.2) is 41.1 Å². The zero-order chi connectivity index (χ0) is 12.9. The van der Waals surface area contributed by atoms with Crippen molar-refractivity contribution in [3.05, 3.63) is 11.4 Å². The van der Waals surface area contributed by atoms with E-state index in [1.165, 1.54) is 0 Å². The predicted octanol–water partition coefficient (Wildman–Crippen LogP) is -0.270. The summed E-state index contributed by atoms with van der Waals surface area (Å²) < 4.78 is 24.9. The standard InChI is InChI=1S/C9H16N4O3S/c1-3-7-8(4-2)11-12-9(10-7)13-17(15,16)6-5-14/h14H,3-6H2,1-2H3,(H,10,12,13). The molecule has 0 aromatic carbocycles. The first-order valence-corrected chi connectivity index (χ1v) is 7.01. The SMILES string of the molecule is CCc1nnc(NS(=O)(=O)CCO)nc1CC. The number of nitrogens with one attached hydrogen (secondary N) is 1. The van der Waals surface area contributed by atoms with Crippen molar-refractivity contribution < 1.29 is 13.5 Å². The molecule has 17 heavy (non-hydrogen) atoms. The molecule has 2 N–H and O–H groups in total. The van der Waals surface area contributed by atoms with Crippen LogP contribution < -0.4 is 4.72 Å². The Hall–Kier alpha value is -1.28. The van der Waals surface area contributed by atoms with Crippen molar-refractivity contribution in [3.63, 3.8) is 0 Å². The number of aliphatic hydroxyl groups excluding tert-OH is 1. The van der Waals surface area contributed by atoms with Crippen molar-refractivity contribution in [1.82, 2.24) is 15.2 Å². The minimum Gasteiger partial charge on any atom is -0.395 e. The molecule has 0 spiro atoms. The molecule has 0 unspecified atom stereocenters. The summed E-state index contributed by atoms with van der Waals surface area (Å²) in [6, 6.07) is 0. The van der Waals surface area contributed by atoms with Crippen molar-refractivity contribution in [2.45, 2.75) is 26.7 Å². The third kappa shape index (κ3) is 3.90. The maximum absolute atomic E-state index is 11.4. The Morgan fingerprint density at radius 1 is 1.18 bits per heavy atom. The number of aromatic nitrogens is 3.